The summed E-state index contributed by atoms with van der Waals surface area (Å²) in [4.78, 5) is 14.3. The molecule has 1 heterocycles. The highest BCUT2D eigenvalue weighted by Crippen LogP contribution is 2.26. The number of hydrogen-bond donors (Lipinski definition) is 1. The van der Waals surface area contributed by atoms with Crippen LogP contribution in [0.4, 0.5) is 0 Å². The first-order valence-electron chi connectivity index (χ1n) is 7.84. The molecule has 2 rings (SSSR count). The van der Waals surface area contributed by atoms with E-state index in [1.807, 2.05) is 15.7 Å². The molecule has 0 aromatic carbocycles. The number of amides is 1. The summed E-state index contributed by atoms with van der Waals surface area (Å²) in [6.45, 7) is 8.71. The van der Waals surface area contributed by atoms with Crippen molar-refractivity contribution in [1.29, 1.82) is 0 Å². The van der Waals surface area contributed by atoms with E-state index in [1.54, 1.807) is 0 Å². The predicted molar refractivity (Wildman–Crippen MR) is 81.5 cm³/mol. The third kappa shape index (κ3) is 3.85. The van der Waals surface area contributed by atoms with Crippen molar-refractivity contribution in [2.24, 2.45) is 0 Å². The standard InChI is InChI=1S/C16H27N3O/c1-4-9-17-13(3)14-8-10-18(11-14)12-16(20)19(5-2)15-6-7-15/h8,10-11,13,15,17H,4-7,9,12H2,1-3H3. The van der Waals surface area contributed by atoms with E-state index in [2.05, 4.69) is 38.4 Å². The summed E-state index contributed by atoms with van der Waals surface area (Å²) >= 11 is 0. The summed E-state index contributed by atoms with van der Waals surface area (Å²) in [5.74, 6) is 0.242. The molecule has 1 atom stereocenters. The molecule has 112 valence electrons. The number of likely N-dealkylation sites (N-methyl/N-ethyl adjacent to an activating group) is 1. The average molecular weight is 277 g/mol. The first-order valence-corrected chi connectivity index (χ1v) is 7.84. The van der Waals surface area contributed by atoms with Gasteiger partial charge in [0.25, 0.3) is 0 Å². The van der Waals surface area contributed by atoms with Crippen LogP contribution in [-0.4, -0.2) is 34.5 Å². The minimum absolute atomic E-state index is 0.242. The zero-order chi connectivity index (χ0) is 14.5. The monoisotopic (exact) mass is 277 g/mol. The fraction of sp³-hybridized carbons (Fsp3) is 0.688. The molecule has 1 saturated carbocycles. The zero-order valence-electron chi connectivity index (χ0n) is 12.9. The van der Waals surface area contributed by atoms with E-state index < -0.39 is 0 Å². The maximum atomic E-state index is 12.3. The minimum atomic E-state index is 0.242. The largest absolute Gasteiger partial charge is 0.345 e. The van der Waals surface area contributed by atoms with Gasteiger partial charge in [0, 0.05) is 31.0 Å². The molecule has 1 aromatic rings. The smallest absolute Gasteiger partial charge is 0.242 e. The topological polar surface area (TPSA) is 37.3 Å². The second-order valence-electron chi connectivity index (χ2n) is 5.70. The number of carbonyl (C=O) groups is 1. The molecule has 4 nitrogen and oxygen atoms in total. The molecular formula is C16H27N3O. The summed E-state index contributed by atoms with van der Waals surface area (Å²) in [5, 5.41) is 3.47. The molecule has 1 unspecified atom stereocenters. The van der Waals surface area contributed by atoms with Crippen molar-refractivity contribution < 1.29 is 4.79 Å². The van der Waals surface area contributed by atoms with Crippen LogP contribution in [0.15, 0.2) is 18.5 Å². The third-order valence-corrected chi connectivity index (χ3v) is 3.94. The van der Waals surface area contributed by atoms with Gasteiger partial charge in [-0.25, -0.2) is 0 Å². The number of hydrogen-bond acceptors (Lipinski definition) is 2. The SMILES string of the molecule is CCCNC(C)c1ccn(CC(=O)N(CC)C2CC2)c1. The molecule has 1 aliphatic rings. The lowest BCUT2D eigenvalue weighted by Crippen LogP contribution is -2.35. The van der Waals surface area contributed by atoms with Crippen LogP contribution < -0.4 is 5.32 Å². The Morgan fingerprint density at radius 1 is 1.50 bits per heavy atom. The molecule has 1 aliphatic carbocycles. The van der Waals surface area contributed by atoms with Crippen LogP contribution in [0.1, 0.15) is 51.6 Å². The molecule has 0 bridgehead atoms. The molecule has 0 spiro atoms. The third-order valence-electron chi connectivity index (χ3n) is 3.94. The van der Waals surface area contributed by atoms with E-state index in [9.17, 15) is 4.79 Å². The quantitative estimate of drug-likeness (QED) is 0.793. The lowest BCUT2D eigenvalue weighted by Gasteiger charge is -2.20. The molecular weight excluding hydrogens is 250 g/mol. The average Bonchev–Trinajstić information content (AvgIpc) is 3.15. The maximum absolute atomic E-state index is 12.3. The lowest BCUT2D eigenvalue weighted by atomic mass is 10.2. The van der Waals surface area contributed by atoms with Crippen molar-refractivity contribution >= 4 is 5.91 Å². The van der Waals surface area contributed by atoms with Gasteiger partial charge in [0.15, 0.2) is 0 Å². The molecule has 1 amide bonds. The molecule has 1 fully saturated rings. The van der Waals surface area contributed by atoms with E-state index in [0.717, 1.165) is 19.5 Å². The van der Waals surface area contributed by atoms with Crippen LogP contribution in [0.3, 0.4) is 0 Å². The first-order chi connectivity index (χ1) is 9.65. The fourth-order valence-corrected chi connectivity index (χ4v) is 2.56. The van der Waals surface area contributed by atoms with Gasteiger partial charge in [-0.15, -0.1) is 0 Å². The zero-order valence-corrected chi connectivity index (χ0v) is 12.9. The summed E-state index contributed by atoms with van der Waals surface area (Å²) < 4.78 is 2.01. The van der Waals surface area contributed by atoms with Gasteiger partial charge >= 0.3 is 0 Å². The van der Waals surface area contributed by atoms with Crippen LogP contribution in [0.25, 0.3) is 0 Å². The van der Waals surface area contributed by atoms with E-state index >= 15 is 0 Å². The summed E-state index contributed by atoms with van der Waals surface area (Å²) in [5.41, 5.74) is 1.25. The summed E-state index contributed by atoms with van der Waals surface area (Å²) in [6.07, 6.45) is 7.59. The molecule has 1 aromatic heterocycles. The highest BCUT2D eigenvalue weighted by atomic mass is 16.2. The second-order valence-corrected chi connectivity index (χ2v) is 5.70. The Morgan fingerprint density at radius 2 is 2.25 bits per heavy atom. The van der Waals surface area contributed by atoms with Gasteiger partial charge in [0.2, 0.25) is 5.91 Å². The van der Waals surface area contributed by atoms with Crippen molar-refractivity contribution in [3.8, 4) is 0 Å². The molecule has 1 N–H and O–H groups in total. The van der Waals surface area contributed by atoms with E-state index in [4.69, 9.17) is 0 Å². The Balaban J connectivity index is 1.90. The predicted octanol–water partition coefficient (Wildman–Crippen LogP) is 2.56. The minimum Gasteiger partial charge on any atom is -0.345 e. The Kier molecular flexibility index (Phi) is 5.24. The van der Waals surface area contributed by atoms with E-state index in [1.165, 1.54) is 18.4 Å². The fourth-order valence-electron chi connectivity index (χ4n) is 2.56. The van der Waals surface area contributed by atoms with Crippen LogP contribution in [0.2, 0.25) is 0 Å². The van der Waals surface area contributed by atoms with Crippen LogP contribution in [0.5, 0.6) is 0 Å². The molecule has 4 heteroatoms. The molecule has 0 radical (unpaired) electrons. The lowest BCUT2D eigenvalue weighted by molar-refractivity contribution is -0.132. The van der Waals surface area contributed by atoms with Gasteiger partial charge in [0.05, 0.1) is 0 Å². The summed E-state index contributed by atoms with van der Waals surface area (Å²) in [6, 6.07) is 2.96. The van der Waals surface area contributed by atoms with Crippen molar-refractivity contribution in [2.45, 2.75) is 58.7 Å². The van der Waals surface area contributed by atoms with Gasteiger partial charge in [-0.1, -0.05) is 6.92 Å². The second kappa shape index (κ2) is 6.93. The highest BCUT2D eigenvalue weighted by molar-refractivity contribution is 5.76. The molecule has 20 heavy (non-hydrogen) atoms. The van der Waals surface area contributed by atoms with Crippen molar-refractivity contribution in [3.05, 3.63) is 24.0 Å². The number of aromatic nitrogens is 1. The van der Waals surface area contributed by atoms with Crippen LogP contribution in [-0.2, 0) is 11.3 Å². The van der Waals surface area contributed by atoms with Gasteiger partial charge in [-0.05, 0) is 51.3 Å². The van der Waals surface area contributed by atoms with Crippen molar-refractivity contribution in [2.75, 3.05) is 13.1 Å². The number of nitrogens with zero attached hydrogens (tertiary/aromatic N) is 2. The molecule has 0 aliphatic heterocycles. The highest BCUT2D eigenvalue weighted by Gasteiger charge is 2.31. The first kappa shape index (κ1) is 15.1. The summed E-state index contributed by atoms with van der Waals surface area (Å²) in [7, 11) is 0. The van der Waals surface area contributed by atoms with Crippen LogP contribution >= 0.6 is 0 Å². The maximum Gasteiger partial charge on any atom is 0.242 e. The van der Waals surface area contributed by atoms with E-state index in [-0.39, 0.29) is 5.91 Å². The van der Waals surface area contributed by atoms with Crippen LogP contribution in [0, 0.1) is 0 Å². The van der Waals surface area contributed by atoms with Gasteiger partial charge in [0.1, 0.15) is 6.54 Å². The Hall–Kier alpha value is -1.29. The van der Waals surface area contributed by atoms with E-state index in [0.29, 0.717) is 18.6 Å². The Morgan fingerprint density at radius 3 is 2.85 bits per heavy atom. The van der Waals surface area contributed by atoms with Gasteiger partial charge in [-0.2, -0.15) is 0 Å². The number of nitrogens with one attached hydrogen (secondary N) is 1. The number of carbonyl (C=O) groups excluding carboxylic acids is 1. The molecule has 0 saturated heterocycles. The van der Waals surface area contributed by atoms with Crippen molar-refractivity contribution in [1.82, 2.24) is 14.8 Å². The van der Waals surface area contributed by atoms with Crippen molar-refractivity contribution in [3.63, 3.8) is 0 Å². The van der Waals surface area contributed by atoms with Gasteiger partial charge < -0.3 is 14.8 Å². The normalized spacial score (nSPS) is 16.1. The van der Waals surface area contributed by atoms with Gasteiger partial charge in [-0.3, -0.25) is 4.79 Å². The Bertz CT molecular complexity index is 437. The number of rotatable bonds is 8. The Labute approximate surface area is 122 Å².